The maximum absolute atomic E-state index is 13.0. The topological polar surface area (TPSA) is 82.6 Å². The van der Waals surface area contributed by atoms with Crippen molar-refractivity contribution >= 4 is 17.7 Å². The molecule has 1 unspecified atom stereocenters. The van der Waals surface area contributed by atoms with Crippen LogP contribution in [0.15, 0.2) is 66.9 Å². The van der Waals surface area contributed by atoms with Gasteiger partial charge in [-0.25, -0.2) is 0 Å². The first-order valence-corrected chi connectivity index (χ1v) is 13.1. The summed E-state index contributed by atoms with van der Waals surface area (Å²) in [5.74, 6) is -0.185. The molecule has 1 atom stereocenters. The number of hydrogen-bond donors (Lipinski definition) is 1. The minimum Gasteiger partial charge on any atom is -0.322 e. The van der Waals surface area contributed by atoms with Gasteiger partial charge in [0.15, 0.2) is 0 Å². The van der Waals surface area contributed by atoms with E-state index in [-0.39, 0.29) is 24.1 Å². The van der Waals surface area contributed by atoms with Crippen LogP contribution in [-0.2, 0) is 22.7 Å². The third-order valence-corrected chi connectivity index (χ3v) is 7.91. The van der Waals surface area contributed by atoms with Gasteiger partial charge in [-0.2, -0.15) is 0 Å². The van der Waals surface area contributed by atoms with Crippen molar-refractivity contribution in [2.75, 3.05) is 13.1 Å². The number of likely N-dealkylation sites (tertiary alicyclic amines) is 1. The molecule has 2 aromatic carbocycles. The van der Waals surface area contributed by atoms with Gasteiger partial charge in [-0.3, -0.25) is 29.6 Å². The first-order valence-electron chi connectivity index (χ1n) is 13.1. The number of nitrogens with zero attached hydrogens (tertiary/aromatic N) is 3. The van der Waals surface area contributed by atoms with Crippen LogP contribution in [0.4, 0.5) is 0 Å². The lowest BCUT2D eigenvalue weighted by Gasteiger charge is -2.32. The summed E-state index contributed by atoms with van der Waals surface area (Å²) < 4.78 is 0. The van der Waals surface area contributed by atoms with Crippen LogP contribution in [0.5, 0.6) is 0 Å². The van der Waals surface area contributed by atoms with E-state index in [9.17, 15) is 14.4 Å². The summed E-state index contributed by atoms with van der Waals surface area (Å²) in [6.45, 7) is 3.41. The lowest BCUT2D eigenvalue weighted by atomic mass is 9.89. The number of benzene rings is 2. The van der Waals surface area contributed by atoms with Gasteiger partial charge in [-0.15, -0.1) is 0 Å². The molecule has 4 heterocycles. The summed E-state index contributed by atoms with van der Waals surface area (Å²) in [7, 11) is 0. The number of carbonyl (C=O) groups excluding carboxylic acids is 3. The van der Waals surface area contributed by atoms with Gasteiger partial charge in [0.2, 0.25) is 11.8 Å². The van der Waals surface area contributed by atoms with Crippen LogP contribution in [0.3, 0.4) is 0 Å². The number of aromatic nitrogens is 1. The summed E-state index contributed by atoms with van der Waals surface area (Å²) in [6, 6.07) is 20.2. The van der Waals surface area contributed by atoms with E-state index in [0.29, 0.717) is 24.4 Å². The summed E-state index contributed by atoms with van der Waals surface area (Å²) in [5, 5.41) is 2.36. The Morgan fingerprint density at radius 2 is 1.73 bits per heavy atom. The summed E-state index contributed by atoms with van der Waals surface area (Å²) in [5.41, 5.74) is 6.02. The Hall–Kier alpha value is -3.84. The third-order valence-electron chi connectivity index (χ3n) is 7.91. The SMILES string of the molecule is O=C1CCC(N2Cc3cc(-c4cc(CN5CCC(c6ccccc6)CC5)ccn4)ccc3C2=O)C(=O)N1. The maximum atomic E-state index is 13.0. The summed E-state index contributed by atoms with van der Waals surface area (Å²) >= 11 is 0. The molecule has 2 fully saturated rings. The van der Waals surface area contributed by atoms with E-state index in [1.54, 1.807) is 4.90 Å². The van der Waals surface area contributed by atoms with E-state index < -0.39 is 6.04 Å². The number of imide groups is 1. The lowest BCUT2D eigenvalue weighted by molar-refractivity contribution is -0.136. The molecule has 6 rings (SSSR count). The molecule has 1 N–H and O–H groups in total. The molecule has 0 saturated carbocycles. The zero-order valence-corrected chi connectivity index (χ0v) is 20.7. The highest BCUT2D eigenvalue weighted by atomic mass is 16.2. The van der Waals surface area contributed by atoms with Crippen molar-refractivity contribution in [1.82, 2.24) is 20.1 Å². The van der Waals surface area contributed by atoms with Crippen molar-refractivity contribution in [1.29, 1.82) is 0 Å². The van der Waals surface area contributed by atoms with Crippen molar-refractivity contribution in [3.63, 3.8) is 0 Å². The number of amides is 3. The van der Waals surface area contributed by atoms with Crippen LogP contribution in [0.1, 0.15) is 58.6 Å². The predicted octanol–water partition coefficient (Wildman–Crippen LogP) is 3.89. The smallest absolute Gasteiger partial charge is 0.255 e. The monoisotopic (exact) mass is 494 g/mol. The Kier molecular flexibility index (Phi) is 6.30. The van der Waals surface area contributed by atoms with Gasteiger partial charge in [-0.05, 0) is 79.2 Å². The zero-order valence-electron chi connectivity index (χ0n) is 20.7. The average Bonchev–Trinajstić information content (AvgIpc) is 3.25. The first kappa shape index (κ1) is 23.6. The van der Waals surface area contributed by atoms with Crippen LogP contribution < -0.4 is 5.32 Å². The van der Waals surface area contributed by atoms with Gasteiger partial charge < -0.3 is 4.90 Å². The molecule has 188 valence electrons. The van der Waals surface area contributed by atoms with Crippen molar-refractivity contribution in [3.05, 3.63) is 89.1 Å². The lowest BCUT2D eigenvalue weighted by Crippen LogP contribution is -2.52. The van der Waals surface area contributed by atoms with E-state index in [2.05, 4.69) is 57.7 Å². The van der Waals surface area contributed by atoms with E-state index in [1.165, 1.54) is 24.0 Å². The molecule has 2 saturated heterocycles. The van der Waals surface area contributed by atoms with Crippen LogP contribution in [0.25, 0.3) is 11.3 Å². The normalized spacial score (nSPS) is 20.7. The van der Waals surface area contributed by atoms with Crippen molar-refractivity contribution in [3.8, 4) is 11.3 Å². The molecule has 3 amide bonds. The highest BCUT2D eigenvalue weighted by Crippen LogP contribution is 2.32. The van der Waals surface area contributed by atoms with E-state index in [0.717, 1.165) is 36.5 Å². The van der Waals surface area contributed by atoms with E-state index >= 15 is 0 Å². The zero-order chi connectivity index (χ0) is 25.4. The van der Waals surface area contributed by atoms with Crippen LogP contribution in [0.2, 0.25) is 0 Å². The molecule has 0 aliphatic carbocycles. The molecule has 3 aliphatic heterocycles. The quantitative estimate of drug-likeness (QED) is 0.544. The number of rotatable bonds is 5. The van der Waals surface area contributed by atoms with Gasteiger partial charge in [0.05, 0.1) is 5.69 Å². The number of carbonyl (C=O) groups is 3. The van der Waals surface area contributed by atoms with Crippen LogP contribution in [0, 0.1) is 0 Å². The second-order valence-electron chi connectivity index (χ2n) is 10.3. The molecule has 0 bridgehead atoms. The molecule has 0 radical (unpaired) electrons. The predicted molar refractivity (Wildman–Crippen MR) is 139 cm³/mol. The maximum Gasteiger partial charge on any atom is 0.255 e. The summed E-state index contributed by atoms with van der Waals surface area (Å²) in [4.78, 5) is 45.5. The Morgan fingerprint density at radius 1 is 0.919 bits per heavy atom. The number of fused-ring (bicyclic) bond motifs is 1. The highest BCUT2D eigenvalue weighted by Gasteiger charge is 2.39. The van der Waals surface area contributed by atoms with Crippen LogP contribution >= 0.6 is 0 Å². The third kappa shape index (κ3) is 4.79. The second kappa shape index (κ2) is 9.90. The van der Waals surface area contributed by atoms with Gasteiger partial charge >= 0.3 is 0 Å². The Morgan fingerprint density at radius 3 is 2.51 bits per heavy atom. The van der Waals surface area contributed by atoms with Gasteiger partial charge in [0.1, 0.15) is 6.04 Å². The number of pyridine rings is 1. The molecule has 3 aromatic rings. The molecule has 3 aliphatic rings. The number of hydrogen-bond acceptors (Lipinski definition) is 5. The molecule has 7 nitrogen and oxygen atoms in total. The van der Waals surface area contributed by atoms with E-state index in [4.69, 9.17) is 0 Å². The number of piperidine rings is 2. The van der Waals surface area contributed by atoms with Gasteiger partial charge in [-0.1, -0.05) is 36.4 Å². The largest absolute Gasteiger partial charge is 0.322 e. The van der Waals surface area contributed by atoms with Gasteiger partial charge in [0.25, 0.3) is 5.91 Å². The molecule has 7 heteroatoms. The molecular formula is C30H30N4O3. The minimum atomic E-state index is -0.603. The second-order valence-corrected chi connectivity index (χ2v) is 10.3. The van der Waals surface area contributed by atoms with Crippen LogP contribution in [-0.4, -0.2) is 51.6 Å². The van der Waals surface area contributed by atoms with Crippen molar-refractivity contribution in [2.24, 2.45) is 0 Å². The Balaban J connectivity index is 1.13. The molecule has 0 spiro atoms. The Bertz CT molecular complexity index is 1350. The van der Waals surface area contributed by atoms with Crippen molar-refractivity contribution < 1.29 is 14.4 Å². The Labute approximate surface area is 216 Å². The fraction of sp³-hybridized carbons (Fsp3) is 0.333. The van der Waals surface area contributed by atoms with E-state index in [1.807, 2.05) is 24.4 Å². The van der Waals surface area contributed by atoms with Crippen molar-refractivity contribution in [2.45, 2.75) is 50.7 Å². The minimum absolute atomic E-state index is 0.156. The average molecular weight is 495 g/mol. The summed E-state index contributed by atoms with van der Waals surface area (Å²) in [6.07, 6.45) is 4.82. The fourth-order valence-corrected chi connectivity index (χ4v) is 5.87. The number of nitrogens with one attached hydrogen (secondary N) is 1. The molecule has 1 aromatic heterocycles. The fourth-order valence-electron chi connectivity index (χ4n) is 5.87. The highest BCUT2D eigenvalue weighted by molar-refractivity contribution is 6.05. The molecule has 37 heavy (non-hydrogen) atoms. The molecular weight excluding hydrogens is 464 g/mol. The van der Waals surface area contributed by atoms with Gasteiger partial charge in [0, 0.05) is 36.8 Å². The first-order chi connectivity index (χ1) is 18.0. The standard InChI is InChI=1S/C30H30N4O3/c35-28-9-8-27(29(36)32-28)34-19-24-17-23(6-7-25(24)30(34)37)26-16-20(10-13-31-26)18-33-14-11-22(12-15-33)21-4-2-1-3-5-21/h1-7,10,13,16-17,22,27H,8-9,11-12,14-15,18-19H2,(H,32,35,36).